The monoisotopic (exact) mass is 475 g/mol. The van der Waals surface area contributed by atoms with Crippen LogP contribution in [0.4, 0.5) is 4.79 Å². The molecule has 0 N–H and O–H groups in total. The molecule has 0 radical (unpaired) electrons. The number of nitrogens with zero attached hydrogens (tertiary/aromatic N) is 1. The molecule has 1 saturated heterocycles. The van der Waals surface area contributed by atoms with E-state index < -0.39 is 0 Å². The number of benzene rings is 2. The summed E-state index contributed by atoms with van der Waals surface area (Å²) in [4.78, 5) is 26.2. The van der Waals surface area contributed by atoms with E-state index in [0.717, 1.165) is 33.8 Å². The second-order valence-electron chi connectivity index (χ2n) is 6.64. The molecule has 152 valence electrons. The van der Waals surface area contributed by atoms with Gasteiger partial charge in [0.25, 0.3) is 11.1 Å². The number of thioether (sulfide) groups is 1. The molecule has 0 unspecified atom stereocenters. The van der Waals surface area contributed by atoms with Gasteiger partial charge in [0.15, 0.2) is 11.5 Å². The molecular formula is C22H22BrNO4S. The molecule has 5 nitrogen and oxygen atoms in total. The first kappa shape index (κ1) is 21.5. The van der Waals surface area contributed by atoms with E-state index in [2.05, 4.69) is 22.0 Å². The van der Waals surface area contributed by atoms with Gasteiger partial charge in [0.2, 0.25) is 0 Å². The standard InChI is InChI=1S/C22H22BrNO4S/c1-4-8-24-21(25)20(29-22(24)26)11-16-10-18(27-3)19(12-17(16)23)28-13-15-7-5-6-14(2)9-15/h5-7,9-12H,4,8,13H2,1-3H3/b20-11+. The Hall–Kier alpha value is -2.25. The highest BCUT2D eigenvalue weighted by molar-refractivity contribution is 9.10. The second-order valence-corrected chi connectivity index (χ2v) is 8.48. The van der Waals surface area contributed by atoms with Gasteiger partial charge in [0, 0.05) is 11.0 Å². The van der Waals surface area contributed by atoms with E-state index in [-0.39, 0.29) is 11.1 Å². The van der Waals surface area contributed by atoms with Gasteiger partial charge in [0.05, 0.1) is 12.0 Å². The lowest BCUT2D eigenvalue weighted by Crippen LogP contribution is -2.28. The van der Waals surface area contributed by atoms with Crippen molar-refractivity contribution in [3.8, 4) is 11.5 Å². The van der Waals surface area contributed by atoms with Crippen molar-refractivity contribution in [2.75, 3.05) is 13.7 Å². The van der Waals surface area contributed by atoms with Crippen LogP contribution in [0.2, 0.25) is 0 Å². The molecule has 0 bridgehead atoms. The van der Waals surface area contributed by atoms with Crippen LogP contribution in [0.25, 0.3) is 6.08 Å². The third-order valence-electron chi connectivity index (χ3n) is 4.37. The molecule has 0 aromatic heterocycles. The lowest BCUT2D eigenvalue weighted by molar-refractivity contribution is -0.122. The van der Waals surface area contributed by atoms with Gasteiger partial charge in [0.1, 0.15) is 6.61 Å². The Morgan fingerprint density at radius 1 is 1.17 bits per heavy atom. The topological polar surface area (TPSA) is 55.8 Å². The van der Waals surface area contributed by atoms with Gasteiger partial charge in [-0.3, -0.25) is 14.5 Å². The van der Waals surface area contributed by atoms with Gasteiger partial charge in [-0.25, -0.2) is 0 Å². The number of imide groups is 1. The van der Waals surface area contributed by atoms with Crippen molar-refractivity contribution < 1.29 is 19.1 Å². The molecule has 3 rings (SSSR count). The fraction of sp³-hybridized carbons (Fsp3) is 0.273. The maximum absolute atomic E-state index is 12.5. The van der Waals surface area contributed by atoms with Crippen LogP contribution in [0.1, 0.15) is 30.0 Å². The summed E-state index contributed by atoms with van der Waals surface area (Å²) in [5.41, 5.74) is 2.98. The van der Waals surface area contributed by atoms with E-state index >= 15 is 0 Å². The molecule has 2 aromatic rings. The Balaban J connectivity index is 1.83. The SMILES string of the molecule is CCCN1C(=O)S/C(=C/c2cc(OC)c(OCc3cccc(C)c3)cc2Br)C1=O. The van der Waals surface area contributed by atoms with Crippen LogP contribution in [-0.2, 0) is 11.4 Å². The van der Waals surface area contributed by atoms with Crippen LogP contribution in [-0.4, -0.2) is 29.7 Å². The number of rotatable bonds is 7. The fourth-order valence-electron chi connectivity index (χ4n) is 2.95. The molecule has 29 heavy (non-hydrogen) atoms. The first-order valence-electron chi connectivity index (χ1n) is 9.24. The highest BCUT2D eigenvalue weighted by Crippen LogP contribution is 2.38. The number of hydrogen-bond acceptors (Lipinski definition) is 5. The number of amides is 2. The Bertz CT molecular complexity index is 973. The van der Waals surface area contributed by atoms with E-state index in [0.29, 0.717) is 29.6 Å². The predicted octanol–water partition coefficient (Wildman–Crippen LogP) is 5.79. The summed E-state index contributed by atoms with van der Waals surface area (Å²) in [6, 6.07) is 11.7. The average molecular weight is 476 g/mol. The maximum atomic E-state index is 12.5. The number of ether oxygens (including phenoxy) is 2. The van der Waals surface area contributed by atoms with Crippen molar-refractivity contribution in [1.29, 1.82) is 0 Å². The van der Waals surface area contributed by atoms with Crippen LogP contribution < -0.4 is 9.47 Å². The van der Waals surface area contributed by atoms with Gasteiger partial charge in [-0.15, -0.1) is 0 Å². The third-order valence-corrected chi connectivity index (χ3v) is 5.96. The molecule has 0 spiro atoms. The zero-order chi connectivity index (χ0) is 21.0. The molecule has 1 heterocycles. The van der Waals surface area contributed by atoms with Crippen molar-refractivity contribution in [3.63, 3.8) is 0 Å². The number of hydrogen-bond donors (Lipinski definition) is 0. The van der Waals surface area contributed by atoms with Crippen molar-refractivity contribution in [3.05, 3.63) is 62.5 Å². The summed E-state index contributed by atoms with van der Waals surface area (Å²) in [6.07, 6.45) is 2.44. The second kappa shape index (κ2) is 9.50. The highest BCUT2D eigenvalue weighted by atomic mass is 79.9. The molecule has 1 fully saturated rings. The number of halogens is 1. The van der Waals surface area contributed by atoms with Crippen molar-refractivity contribution >= 4 is 44.9 Å². The first-order valence-corrected chi connectivity index (χ1v) is 10.8. The van der Waals surface area contributed by atoms with E-state index in [1.165, 1.54) is 10.5 Å². The fourth-order valence-corrected chi connectivity index (χ4v) is 4.25. The van der Waals surface area contributed by atoms with Gasteiger partial charge in [-0.2, -0.15) is 0 Å². The van der Waals surface area contributed by atoms with E-state index in [1.54, 1.807) is 19.3 Å². The maximum Gasteiger partial charge on any atom is 0.293 e. The largest absolute Gasteiger partial charge is 0.493 e. The van der Waals surface area contributed by atoms with E-state index in [9.17, 15) is 9.59 Å². The minimum absolute atomic E-state index is 0.232. The minimum Gasteiger partial charge on any atom is -0.493 e. The molecule has 1 aliphatic heterocycles. The van der Waals surface area contributed by atoms with Crippen LogP contribution in [0, 0.1) is 6.92 Å². The molecule has 1 aliphatic rings. The molecule has 0 atom stereocenters. The number of aryl methyl sites for hydroxylation is 1. The van der Waals surface area contributed by atoms with Crippen molar-refractivity contribution in [2.45, 2.75) is 26.9 Å². The van der Waals surface area contributed by atoms with Crippen molar-refractivity contribution in [2.24, 2.45) is 0 Å². The van der Waals surface area contributed by atoms with Gasteiger partial charge >= 0.3 is 0 Å². The number of carbonyl (C=O) groups is 2. The Morgan fingerprint density at radius 2 is 1.97 bits per heavy atom. The molecule has 2 aromatic carbocycles. The molecule has 7 heteroatoms. The first-order chi connectivity index (χ1) is 13.9. The van der Waals surface area contributed by atoms with E-state index in [4.69, 9.17) is 9.47 Å². The number of methoxy groups -OCH3 is 1. The smallest absolute Gasteiger partial charge is 0.293 e. The molecule has 2 amide bonds. The normalized spacial score (nSPS) is 15.3. The number of carbonyl (C=O) groups excluding carboxylic acids is 2. The summed E-state index contributed by atoms with van der Waals surface area (Å²) >= 11 is 4.49. The summed E-state index contributed by atoms with van der Waals surface area (Å²) in [6.45, 7) is 4.82. The average Bonchev–Trinajstić information content (AvgIpc) is 2.96. The Labute approximate surface area is 183 Å². The van der Waals surface area contributed by atoms with Crippen LogP contribution in [0.3, 0.4) is 0 Å². The third kappa shape index (κ3) is 5.03. The summed E-state index contributed by atoms with van der Waals surface area (Å²) in [5.74, 6) is 0.893. The molecule has 0 aliphatic carbocycles. The lowest BCUT2D eigenvalue weighted by Gasteiger charge is -2.13. The van der Waals surface area contributed by atoms with Crippen LogP contribution >= 0.6 is 27.7 Å². The van der Waals surface area contributed by atoms with Gasteiger partial charge in [-0.1, -0.05) is 52.7 Å². The zero-order valence-electron chi connectivity index (χ0n) is 16.5. The Morgan fingerprint density at radius 3 is 2.66 bits per heavy atom. The Kier molecular flexibility index (Phi) is 7.03. The predicted molar refractivity (Wildman–Crippen MR) is 119 cm³/mol. The quantitative estimate of drug-likeness (QED) is 0.474. The highest BCUT2D eigenvalue weighted by Gasteiger charge is 2.34. The van der Waals surface area contributed by atoms with Gasteiger partial charge < -0.3 is 9.47 Å². The zero-order valence-corrected chi connectivity index (χ0v) is 18.9. The lowest BCUT2D eigenvalue weighted by atomic mass is 10.1. The van der Waals surface area contributed by atoms with Crippen LogP contribution in [0.15, 0.2) is 45.8 Å². The molecule has 0 saturated carbocycles. The van der Waals surface area contributed by atoms with Gasteiger partial charge in [-0.05, 0) is 54.4 Å². The summed E-state index contributed by atoms with van der Waals surface area (Å²) in [5, 5.41) is -0.232. The van der Waals surface area contributed by atoms with E-state index in [1.807, 2.05) is 38.1 Å². The minimum atomic E-state index is -0.257. The summed E-state index contributed by atoms with van der Waals surface area (Å²) in [7, 11) is 1.57. The van der Waals surface area contributed by atoms with Crippen LogP contribution in [0.5, 0.6) is 11.5 Å². The molecular weight excluding hydrogens is 454 g/mol. The van der Waals surface area contributed by atoms with Crippen molar-refractivity contribution in [1.82, 2.24) is 4.90 Å². The summed E-state index contributed by atoms with van der Waals surface area (Å²) < 4.78 is 12.2.